The number of hydrogen-bond acceptors (Lipinski definition) is 7. The third-order valence-corrected chi connectivity index (χ3v) is 8.60. The molecule has 9 heteroatoms. The van der Waals surface area contributed by atoms with E-state index in [1.165, 1.54) is 34.7 Å². The minimum absolute atomic E-state index is 0.122. The van der Waals surface area contributed by atoms with Crippen molar-refractivity contribution in [1.82, 2.24) is 0 Å². The highest BCUT2D eigenvalue weighted by Crippen LogP contribution is 2.61. The topological polar surface area (TPSA) is 119 Å². The summed E-state index contributed by atoms with van der Waals surface area (Å²) in [6, 6.07) is 22.5. The fraction of sp³-hybridized carbons (Fsp3) is 0.303. The number of anilines is 2. The number of esters is 2. The molecule has 3 fully saturated rings. The van der Waals surface area contributed by atoms with Crippen LogP contribution in [-0.4, -0.2) is 42.9 Å². The van der Waals surface area contributed by atoms with Crippen LogP contribution in [0.2, 0.25) is 0 Å². The van der Waals surface area contributed by atoms with Gasteiger partial charge in [0.05, 0.1) is 35.3 Å². The molecule has 3 aromatic rings. The minimum Gasteiger partial charge on any atom is -0.462 e. The van der Waals surface area contributed by atoms with Gasteiger partial charge in [0.25, 0.3) is 5.91 Å². The lowest BCUT2D eigenvalue weighted by atomic mass is 9.73. The van der Waals surface area contributed by atoms with Crippen LogP contribution in [0.1, 0.15) is 52.0 Å². The van der Waals surface area contributed by atoms with Gasteiger partial charge in [0.15, 0.2) is 6.61 Å². The SMILES string of the molecule is CCOC(=O)c1ccc(NC(=O)COC(=O)c2cccc(N3C(=O)[C@@H]4[C@@H]5C[C@@H]([C@H]4C3=O)[C@@H](c3ccccc3)C5)c2)cc1. The van der Waals surface area contributed by atoms with Crippen molar-refractivity contribution in [2.24, 2.45) is 23.7 Å². The van der Waals surface area contributed by atoms with Crippen LogP contribution in [0, 0.1) is 23.7 Å². The Kier molecular flexibility index (Phi) is 7.33. The Bertz CT molecular complexity index is 1550. The van der Waals surface area contributed by atoms with Gasteiger partial charge in [0.2, 0.25) is 11.8 Å². The lowest BCUT2D eigenvalue weighted by Gasteiger charge is -2.28. The Morgan fingerprint density at radius 2 is 1.52 bits per heavy atom. The molecule has 3 aromatic carbocycles. The molecule has 2 saturated carbocycles. The molecule has 9 nitrogen and oxygen atoms in total. The van der Waals surface area contributed by atoms with E-state index in [9.17, 15) is 24.0 Å². The van der Waals surface area contributed by atoms with Crippen LogP contribution in [0.15, 0.2) is 78.9 Å². The highest BCUT2D eigenvalue weighted by atomic mass is 16.5. The molecule has 1 N–H and O–H groups in total. The summed E-state index contributed by atoms with van der Waals surface area (Å²) in [5.74, 6) is -2.33. The van der Waals surface area contributed by atoms with Crippen LogP contribution < -0.4 is 10.2 Å². The van der Waals surface area contributed by atoms with Gasteiger partial charge < -0.3 is 14.8 Å². The van der Waals surface area contributed by atoms with Crippen LogP contribution >= 0.6 is 0 Å². The van der Waals surface area contributed by atoms with Crippen LogP contribution in [-0.2, 0) is 23.9 Å². The number of ether oxygens (including phenoxy) is 2. The van der Waals surface area contributed by atoms with Gasteiger partial charge in [0.1, 0.15) is 0 Å². The van der Waals surface area contributed by atoms with Gasteiger partial charge in [-0.1, -0.05) is 36.4 Å². The zero-order chi connectivity index (χ0) is 29.4. The molecule has 3 amide bonds. The second-order valence-corrected chi connectivity index (χ2v) is 10.9. The predicted molar refractivity (Wildman–Crippen MR) is 153 cm³/mol. The third kappa shape index (κ3) is 4.95. The lowest BCUT2D eigenvalue weighted by Crippen LogP contribution is -2.33. The van der Waals surface area contributed by atoms with E-state index in [1.807, 2.05) is 18.2 Å². The Morgan fingerprint density at radius 3 is 2.26 bits per heavy atom. The van der Waals surface area contributed by atoms with Gasteiger partial charge in [-0.05, 0) is 85.5 Å². The largest absolute Gasteiger partial charge is 0.462 e. The number of imide groups is 1. The summed E-state index contributed by atoms with van der Waals surface area (Å²) < 4.78 is 10.1. The second-order valence-electron chi connectivity index (χ2n) is 10.9. The molecule has 2 aliphatic carbocycles. The quantitative estimate of drug-likeness (QED) is 0.313. The molecule has 0 aromatic heterocycles. The average molecular weight is 567 g/mol. The Balaban J connectivity index is 1.09. The zero-order valence-electron chi connectivity index (χ0n) is 23.0. The molecule has 2 bridgehead atoms. The van der Waals surface area contributed by atoms with Crippen molar-refractivity contribution in [1.29, 1.82) is 0 Å². The summed E-state index contributed by atoms with van der Waals surface area (Å²) in [5, 5.41) is 2.60. The highest BCUT2D eigenvalue weighted by molar-refractivity contribution is 6.23. The predicted octanol–water partition coefficient (Wildman–Crippen LogP) is 4.59. The number of nitrogens with zero attached hydrogens (tertiary/aromatic N) is 1. The van der Waals surface area contributed by atoms with E-state index in [4.69, 9.17) is 9.47 Å². The molecule has 1 saturated heterocycles. The van der Waals surface area contributed by atoms with Crippen molar-refractivity contribution >= 4 is 41.0 Å². The van der Waals surface area contributed by atoms with Crippen molar-refractivity contribution in [2.75, 3.05) is 23.4 Å². The first kappa shape index (κ1) is 27.4. The van der Waals surface area contributed by atoms with Crippen molar-refractivity contribution in [3.05, 3.63) is 95.6 Å². The first-order valence-corrected chi connectivity index (χ1v) is 14.1. The number of amides is 3. The monoisotopic (exact) mass is 566 g/mol. The van der Waals surface area contributed by atoms with Gasteiger partial charge in [-0.3, -0.25) is 19.3 Å². The molecular weight excluding hydrogens is 536 g/mol. The average Bonchev–Trinajstić information content (AvgIpc) is 3.68. The molecule has 0 unspecified atom stereocenters. The van der Waals surface area contributed by atoms with E-state index >= 15 is 0 Å². The Morgan fingerprint density at radius 1 is 0.810 bits per heavy atom. The van der Waals surface area contributed by atoms with Gasteiger partial charge in [-0.25, -0.2) is 9.59 Å². The second kappa shape index (κ2) is 11.2. The molecule has 0 spiro atoms. The number of carbonyl (C=O) groups excluding carboxylic acids is 5. The number of carbonyl (C=O) groups is 5. The summed E-state index contributed by atoms with van der Waals surface area (Å²) in [7, 11) is 0. The maximum atomic E-state index is 13.6. The Hall–Kier alpha value is -4.79. The van der Waals surface area contributed by atoms with Crippen molar-refractivity contribution in [3.8, 4) is 0 Å². The standard InChI is InChI=1S/C33H30N2O7/c1-2-41-32(39)20-11-13-23(14-12-20)34-27(36)18-42-33(40)21-9-6-10-24(15-21)35-30(37)28-22-16-25(19-7-4-3-5-8-19)26(17-22)29(28)31(35)38/h3-15,22,25-26,28-29H,2,16-18H2,1H3,(H,34,36)/t22-,25+,26+,28+,29+/m0/s1. The normalized spacial score (nSPS) is 23.9. The van der Waals surface area contributed by atoms with Gasteiger partial charge in [0, 0.05) is 5.69 Å². The number of hydrogen-bond donors (Lipinski definition) is 1. The maximum absolute atomic E-state index is 13.6. The summed E-state index contributed by atoms with van der Waals surface area (Å²) in [4.78, 5) is 65.3. The summed E-state index contributed by atoms with van der Waals surface area (Å²) >= 11 is 0. The lowest BCUT2D eigenvalue weighted by molar-refractivity contribution is -0.123. The third-order valence-electron chi connectivity index (χ3n) is 8.60. The number of nitrogens with one attached hydrogen (secondary N) is 1. The fourth-order valence-corrected chi connectivity index (χ4v) is 6.88. The van der Waals surface area contributed by atoms with E-state index in [0.29, 0.717) is 16.9 Å². The van der Waals surface area contributed by atoms with Crippen LogP contribution in [0.25, 0.3) is 0 Å². The molecule has 5 atom stereocenters. The Labute approximate surface area is 242 Å². The number of benzene rings is 3. The first-order valence-electron chi connectivity index (χ1n) is 14.1. The van der Waals surface area contributed by atoms with E-state index < -0.39 is 24.5 Å². The van der Waals surface area contributed by atoms with Crippen LogP contribution in [0.3, 0.4) is 0 Å². The molecule has 3 aliphatic rings. The van der Waals surface area contributed by atoms with Crippen molar-refractivity contribution < 1.29 is 33.4 Å². The zero-order valence-corrected chi connectivity index (χ0v) is 23.0. The molecule has 0 radical (unpaired) electrons. The fourth-order valence-electron chi connectivity index (χ4n) is 6.88. The van der Waals surface area contributed by atoms with Crippen molar-refractivity contribution in [3.63, 3.8) is 0 Å². The van der Waals surface area contributed by atoms with E-state index in [-0.39, 0.29) is 53.6 Å². The van der Waals surface area contributed by atoms with E-state index in [0.717, 1.165) is 12.8 Å². The van der Waals surface area contributed by atoms with Gasteiger partial charge in [-0.15, -0.1) is 0 Å². The first-order chi connectivity index (χ1) is 20.4. The smallest absolute Gasteiger partial charge is 0.338 e. The number of fused-ring (bicyclic) bond motifs is 5. The molecular formula is C33H30N2O7. The summed E-state index contributed by atoms with van der Waals surface area (Å²) in [6.45, 7) is 1.43. The van der Waals surface area contributed by atoms with Gasteiger partial charge in [-0.2, -0.15) is 0 Å². The summed E-state index contributed by atoms with van der Waals surface area (Å²) in [5.41, 5.74) is 2.44. The molecule has 1 aliphatic heterocycles. The molecule has 214 valence electrons. The van der Waals surface area contributed by atoms with E-state index in [1.54, 1.807) is 31.2 Å². The van der Waals surface area contributed by atoms with Crippen LogP contribution in [0.5, 0.6) is 0 Å². The minimum atomic E-state index is -0.756. The number of rotatable bonds is 8. The molecule has 1 heterocycles. The summed E-state index contributed by atoms with van der Waals surface area (Å²) in [6.07, 6.45) is 1.77. The maximum Gasteiger partial charge on any atom is 0.338 e. The molecule has 42 heavy (non-hydrogen) atoms. The highest BCUT2D eigenvalue weighted by Gasteiger charge is 2.64. The van der Waals surface area contributed by atoms with Crippen LogP contribution in [0.4, 0.5) is 11.4 Å². The van der Waals surface area contributed by atoms with Gasteiger partial charge >= 0.3 is 11.9 Å². The van der Waals surface area contributed by atoms with Crippen molar-refractivity contribution in [2.45, 2.75) is 25.7 Å². The van der Waals surface area contributed by atoms with E-state index in [2.05, 4.69) is 17.4 Å². The molecule has 6 rings (SSSR count).